The van der Waals surface area contributed by atoms with Gasteiger partial charge >= 0.3 is 0 Å². The number of rotatable bonds is 4. The number of benzene rings is 1. The van der Waals surface area contributed by atoms with Gasteiger partial charge in [-0.1, -0.05) is 44.5 Å². The monoisotopic (exact) mass is 288 g/mol. The Hall–Kier alpha value is -0.860. The third-order valence-corrected chi connectivity index (χ3v) is 5.10. The van der Waals surface area contributed by atoms with Gasteiger partial charge in [0.25, 0.3) is 0 Å². The van der Waals surface area contributed by atoms with E-state index in [1.807, 2.05) is 0 Å². The normalized spacial score (nSPS) is 21.7. The lowest BCUT2D eigenvalue weighted by molar-refractivity contribution is 0.220. The van der Waals surface area contributed by atoms with Crippen LogP contribution < -0.4 is 5.32 Å². The maximum atomic E-state index is 3.53. The minimum absolute atomic E-state index is 0.434. The van der Waals surface area contributed by atoms with E-state index in [4.69, 9.17) is 0 Å². The van der Waals surface area contributed by atoms with Crippen molar-refractivity contribution in [1.29, 1.82) is 0 Å². The van der Waals surface area contributed by atoms with Crippen LogP contribution >= 0.6 is 0 Å². The highest BCUT2D eigenvalue weighted by Crippen LogP contribution is 2.34. The molecule has 2 nitrogen and oxygen atoms in total. The zero-order valence-electron chi connectivity index (χ0n) is 14.7. The molecule has 0 spiro atoms. The summed E-state index contributed by atoms with van der Waals surface area (Å²) in [5, 5.41) is 3.53. The minimum atomic E-state index is 0.434. The zero-order valence-corrected chi connectivity index (χ0v) is 14.7. The van der Waals surface area contributed by atoms with Crippen LogP contribution in [0, 0.1) is 25.2 Å². The summed E-state index contributed by atoms with van der Waals surface area (Å²) in [6.07, 6.45) is 1.34. The number of hydrogen-bond donors (Lipinski definition) is 1. The topological polar surface area (TPSA) is 15.3 Å². The molecule has 1 aliphatic rings. The molecule has 0 aliphatic carbocycles. The molecule has 1 fully saturated rings. The SMILES string of the molecule is CNC(CN1CCC(C(C)(C)C)C1)c1cc(C)ccc1C. The fraction of sp³-hybridized carbons (Fsp3) is 0.684. The second-order valence-electron chi connectivity index (χ2n) is 7.81. The van der Waals surface area contributed by atoms with Crippen LogP contribution in [0.2, 0.25) is 0 Å². The molecule has 1 aromatic carbocycles. The zero-order chi connectivity index (χ0) is 15.6. The minimum Gasteiger partial charge on any atom is -0.312 e. The highest BCUT2D eigenvalue weighted by atomic mass is 15.2. The first-order valence-corrected chi connectivity index (χ1v) is 8.28. The van der Waals surface area contributed by atoms with Crippen molar-refractivity contribution in [3.63, 3.8) is 0 Å². The first-order chi connectivity index (χ1) is 9.81. The highest BCUT2D eigenvalue weighted by molar-refractivity contribution is 5.33. The van der Waals surface area contributed by atoms with E-state index in [0.29, 0.717) is 11.5 Å². The van der Waals surface area contributed by atoms with Gasteiger partial charge in [0.05, 0.1) is 0 Å². The van der Waals surface area contributed by atoms with E-state index in [2.05, 4.69) is 70.1 Å². The average molecular weight is 288 g/mol. The molecule has 1 heterocycles. The van der Waals surface area contributed by atoms with Gasteiger partial charge in [0.2, 0.25) is 0 Å². The van der Waals surface area contributed by atoms with Gasteiger partial charge in [-0.05, 0) is 56.3 Å². The second kappa shape index (κ2) is 6.50. The van der Waals surface area contributed by atoms with E-state index >= 15 is 0 Å². The summed E-state index contributed by atoms with van der Waals surface area (Å²) in [4.78, 5) is 2.64. The number of likely N-dealkylation sites (tertiary alicyclic amines) is 1. The molecule has 0 saturated carbocycles. The molecule has 0 radical (unpaired) electrons. The van der Waals surface area contributed by atoms with Crippen molar-refractivity contribution >= 4 is 0 Å². The third kappa shape index (κ3) is 4.08. The van der Waals surface area contributed by atoms with E-state index in [1.165, 1.54) is 36.2 Å². The molecule has 1 saturated heterocycles. The quantitative estimate of drug-likeness (QED) is 0.903. The van der Waals surface area contributed by atoms with Gasteiger partial charge in [-0.2, -0.15) is 0 Å². The molecule has 0 bridgehead atoms. The van der Waals surface area contributed by atoms with E-state index < -0.39 is 0 Å². The maximum Gasteiger partial charge on any atom is 0.0449 e. The first kappa shape index (κ1) is 16.5. The van der Waals surface area contributed by atoms with Crippen LogP contribution in [-0.2, 0) is 0 Å². The van der Waals surface area contributed by atoms with Gasteiger partial charge in [0.15, 0.2) is 0 Å². The molecule has 118 valence electrons. The number of likely N-dealkylation sites (N-methyl/N-ethyl adjacent to an activating group) is 1. The lowest BCUT2D eigenvalue weighted by atomic mass is 9.80. The lowest BCUT2D eigenvalue weighted by Gasteiger charge is -2.29. The average Bonchev–Trinajstić information content (AvgIpc) is 2.87. The molecule has 2 unspecified atom stereocenters. The maximum absolute atomic E-state index is 3.53. The number of hydrogen-bond acceptors (Lipinski definition) is 2. The van der Waals surface area contributed by atoms with Gasteiger partial charge in [-0.25, -0.2) is 0 Å². The summed E-state index contributed by atoms with van der Waals surface area (Å²) in [5.41, 5.74) is 4.64. The molecule has 0 aromatic heterocycles. The van der Waals surface area contributed by atoms with Crippen LogP contribution in [0.4, 0.5) is 0 Å². The molecule has 2 atom stereocenters. The Kier molecular flexibility index (Phi) is 5.11. The molecule has 1 N–H and O–H groups in total. The van der Waals surface area contributed by atoms with Crippen molar-refractivity contribution in [2.75, 3.05) is 26.7 Å². The molecule has 2 rings (SSSR count). The van der Waals surface area contributed by atoms with Gasteiger partial charge in [-0.3, -0.25) is 0 Å². The summed E-state index contributed by atoms with van der Waals surface area (Å²) >= 11 is 0. The molecular formula is C19H32N2. The Morgan fingerprint density at radius 2 is 2.00 bits per heavy atom. The van der Waals surface area contributed by atoms with Gasteiger partial charge < -0.3 is 10.2 Å². The standard InChI is InChI=1S/C19H32N2/c1-14-7-8-15(2)17(11-14)18(20-6)13-21-10-9-16(12-21)19(3,4)5/h7-8,11,16,18,20H,9-10,12-13H2,1-6H3. The Bertz CT molecular complexity index is 473. The summed E-state index contributed by atoms with van der Waals surface area (Å²) in [7, 11) is 2.09. The summed E-state index contributed by atoms with van der Waals surface area (Å²) in [5.74, 6) is 0.827. The largest absolute Gasteiger partial charge is 0.312 e. The number of aryl methyl sites for hydroxylation is 2. The third-order valence-electron chi connectivity index (χ3n) is 5.10. The molecule has 1 aliphatic heterocycles. The summed E-state index contributed by atoms with van der Waals surface area (Å²) in [6.45, 7) is 15.1. The summed E-state index contributed by atoms with van der Waals surface area (Å²) in [6, 6.07) is 7.23. The predicted molar refractivity (Wildman–Crippen MR) is 91.7 cm³/mol. The Morgan fingerprint density at radius 3 is 2.57 bits per heavy atom. The number of nitrogens with one attached hydrogen (secondary N) is 1. The van der Waals surface area contributed by atoms with E-state index in [0.717, 1.165) is 12.5 Å². The molecule has 2 heteroatoms. The Morgan fingerprint density at radius 1 is 1.29 bits per heavy atom. The fourth-order valence-electron chi connectivity index (χ4n) is 3.44. The predicted octanol–water partition coefficient (Wildman–Crippen LogP) is 3.93. The molecular weight excluding hydrogens is 256 g/mol. The smallest absolute Gasteiger partial charge is 0.0449 e. The number of nitrogens with zero attached hydrogens (tertiary/aromatic N) is 1. The Balaban J connectivity index is 2.05. The highest BCUT2D eigenvalue weighted by Gasteiger charge is 2.32. The van der Waals surface area contributed by atoms with E-state index in [9.17, 15) is 0 Å². The van der Waals surface area contributed by atoms with Crippen molar-refractivity contribution in [2.24, 2.45) is 11.3 Å². The van der Waals surface area contributed by atoms with Crippen molar-refractivity contribution in [2.45, 2.75) is 47.1 Å². The van der Waals surface area contributed by atoms with E-state index in [-0.39, 0.29) is 0 Å². The molecule has 1 aromatic rings. The van der Waals surface area contributed by atoms with Gasteiger partial charge in [0.1, 0.15) is 0 Å². The van der Waals surface area contributed by atoms with Crippen LogP contribution in [0.1, 0.15) is 49.9 Å². The van der Waals surface area contributed by atoms with Crippen LogP contribution in [0.5, 0.6) is 0 Å². The van der Waals surface area contributed by atoms with Crippen molar-refractivity contribution in [1.82, 2.24) is 10.2 Å². The van der Waals surface area contributed by atoms with Crippen molar-refractivity contribution in [3.8, 4) is 0 Å². The summed E-state index contributed by atoms with van der Waals surface area (Å²) < 4.78 is 0. The fourth-order valence-corrected chi connectivity index (χ4v) is 3.44. The van der Waals surface area contributed by atoms with Crippen LogP contribution in [-0.4, -0.2) is 31.6 Å². The van der Waals surface area contributed by atoms with Crippen LogP contribution in [0.25, 0.3) is 0 Å². The van der Waals surface area contributed by atoms with Gasteiger partial charge in [0, 0.05) is 19.1 Å². The molecule has 0 amide bonds. The van der Waals surface area contributed by atoms with Crippen LogP contribution in [0.15, 0.2) is 18.2 Å². The lowest BCUT2D eigenvalue weighted by Crippen LogP contribution is -2.34. The second-order valence-corrected chi connectivity index (χ2v) is 7.81. The van der Waals surface area contributed by atoms with E-state index in [1.54, 1.807) is 0 Å². The van der Waals surface area contributed by atoms with Crippen LogP contribution in [0.3, 0.4) is 0 Å². The van der Waals surface area contributed by atoms with Gasteiger partial charge in [-0.15, -0.1) is 0 Å². The van der Waals surface area contributed by atoms with Crippen molar-refractivity contribution in [3.05, 3.63) is 34.9 Å². The first-order valence-electron chi connectivity index (χ1n) is 8.28. The Labute approximate surface area is 130 Å². The molecule has 21 heavy (non-hydrogen) atoms. The van der Waals surface area contributed by atoms with Crippen molar-refractivity contribution < 1.29 is 0 Å².